The van der Waals surface area contributed by atoms with E-state index >= 15 is 0 Å². The largest absolute Gasteiger partial charge is 0.506 e. The first kappa shape index (κ1) is 24.1. The minimum absolute atomic E-state index is 0.0253. The number of rotatable bonds is 7. The molecule has 2 aromatic carbocycles. The number of phenolic OH excluding ortho intramolecular Hbond substituents is 1. The first-order valence-electron chi connectivity index (χ1n) is 8.52. The van der Waals surface area contributed by atoms with Gasteiger partial charge in [0.1, 0.15) is 23.2 Å². The van der Waals surface area contributed by atoms with Gasteiger partial charge >= 0.3 is 0 Å². The molecule has 172 valence electrons. The van der Waals surface area contributed by atoms with Crippen LogP contribution in [0.15, 0.2) is 29.6 Å². The van der Waals surface area contributed by atoms with Gasteiger partial charge in [0, 0.05) is 17.8 Å². The summed E-state index contributed by atoms with van der Waals surface area (Å²) < 4.78 is 93.9. The smallest absolute Gasteiger partial charge is 0.200 e. The van der Waals surface area contributed by atoms with Crippen molar-refractivity contribution in [3.63, 3.8) is 0 Å². The van der Waals surface area contributed by atoms with Crippen LogP contribution in [0.25, 0.3) is 0 Å². The number of hydrogen-bond donors (Lipinski definition) is 2. The zero-order valence-corrected chi connectivity index (χ0v) is 18.0. The van der Waals surface area contributed by atoms with Crippen molar-refractivity contribution >= 4 is 38.7 Å². The van der Waals surface area contributed by atoms with Crippen molar-refractivity contribution < 1.29 is 35.5 Å². The van der Waals surface area contributed by atoms with Gasteiger partial charge in [-0.2, -0.15) is 0 Å². The SMILES string of the molecule is O=S(=O)(Cn1cnc(CNc2cc(Cl)c(Cl)cc2O)c1)c1c(F)c(F)c(F)c(F)c1CF. The van der Waals surface area contributed by atoms with Crippen LogP contribution >= 0.6 is 23.2 Å². The fraction of sp³-hybridized carbons (Fsp3) is 0.167. The van der Waals surface area contributed by atoms with E-state index in [2.05, 4.69) is 10.3 Å². The second-order valence-corrected chi connectivity index (χ2v) is 9.17. The fourth-order valence-electron chi connectivity index (χ4n) is 2.79. The third kappa shape index (κ3) is 4.62. The molecule has 14 heteroatoms. The number of aromatic hydroxyl groups is 1. The number of halogens is 7. The molecule has 6 nitrogen and oxygen atoms in total. The molecule has 0 saturated carbocycles. The minimum atomic E-state index is -4.85. The standard InChI is InChI=1S/C18H12Cl2F5N3O3S/c19-10-1-12(13(29)2-11(10)20)26-4-8-5-28(6-27-8)7-32(30,31)18-9(3-21)14(22)15(23)16(24)17(18)25/h1-2,5-6,26,29H,3-4,7H2. The van der Waals surface area contributed by atoms with Gasteiger partial charge in [0.2, 0.25) is 0 Å². The minimum Gasteiger partial charge on any atom is -0.506 e. The number of sulfone groups is 1. The van der Waals surface area contributed by atoms with Crippen molar-refractivity contribution in [1.29, 1.82) is 0 Å². The number of hydrogen-bond acceptors (Lipinski definition) is 5. The molecule has 0 radical (unpaired) electrons. The van der Waals surface area contributed by atoms with Gasteiger partial charge < -0.3 is 15.0 Å². The average Bonchev–Trinajstić information content (AvgIpc) is 3.16. The van der Waals surface area contributed by atoms with Crippen molar-refractivity contribution in [2.75, 3.05) is 5.32 Å². The molecule has 1 heterocycles. The molecule has 2 N–H and O–H groups in total. The van der Waals surface area contributed by atoms with E-state index in [1.165, 1.54) is 18.3 Å². The molecule has 0 fully saturated rings. The topological polar surface area (TPSA) is 84.2 Å². The van der Waals surface area contributed by atoms with Crippen LogP contribution in [0.5, 0.6) is 5.75 Å². The van der Waals surface area contributed by atoms with E-state index < -0.39 is 56.1 Å². The van der Waals surface area contributed by atoms with Gasteiger partial charge in [0.25, 0.3) is 0 Å². The Morgan fingerprint density at radius 2 is 1.66 bits per heavy atom. The van der Waals surface area contributed by atoms with Gasteiger partial charge in [-0.15, -0.1) is 0 Å². The van der Waals surface area contributed by atoms with Gasteiger partial charge in [-0.1, -0.05) is 23.2 Å². The number of imidazole rings is 1. The van der Waals surface area contributed by atoms with Crippen LogP contribution in [0.1, 0.15) is 11.3 Å². The molecular formula is C18H12Cl2F5N3O3S. The summed E-state index contributed by atoms with van der Waals surface area (Å²) in [5.41, 5.74) is -1.000. The molecule has 0 spiro atoms. The molecule has 0 unspecified atom stereocenters. The Kier molecular flexibility index (Phi) is 6.86. The fourth-order valence-corrected chi connectivity index (χ4v) is 4.66. The second-order valence-electron chi connectivity index (χ2n) is 6.46. The summed E-state index contributed by atoms with van der Waals surface area (Å²) in [6, 6.07) is 2.55. The Bertz CT molecular complexity index is 1300. The Labute approximate surface area is 188 Å². The Morgan fingerprint density at radius 1 is 1.03 bits per heavy atom. The maximum atomic E-state index is 14.1. The Balaban J connectivity index is 1.83. The Morgan fingerprint density at radius 3 is 2.31 bits per heavy atom. The van der Waals surface area contributed by atoms with Crippen LogP contribution in [0.3, 0.4) is 0 Å². The molecule has 0 saturated heterocycles. The maximum Gasteiger partial charge on any atom is 0.200 e. The number of nitrogens with zero attached hydrogens (tertiary/aromatic N) is 2. The number of aromatic nitrogens is 2. The van der Waals surface area contributed by atoms with E-state index in [0.29, 0.717) is 0 Å². The highest BCUT2D eigenvalue weighted by molar-refractivity contribution is 7.90. The predicted octanol–water partition coefficient (Wildman–Crippen LogP) is 4.96. The lowest BCUT2D eigenvalue weighted by atomic mass is 10.2. The molecular weight excluding hydrogens is 504 g/mol. The molecule has 3 aromatic rings. The molecule has 32 heavy (non-hydrogen) atoms. The highest BCUT2D eigenvalue weighted by atomic mass is 35.5. The summed E-state index contributed by atoms with van der Waals surface area (Å²) in [7, 11) is -4.85. The number of nitrogens with one attached hydrogen (secondary N) is 1. The average molecular weight is 516 g/mol. The van der Waals surface area contributed by atoms with E-state index in [1.54, 1.807) is 0 Å². The quantitative estimate of drug-likeness (QED) is 0.153. The van der Waals surface area contributed by atoms with E-state index in [1.807, 2.05) is 0 Å². The normalized spacial score (nSPS) is 11.7. The summed E-state index contributed by atoms with van der Waals surface area (Å²) in [6.45, 7) is -1.90. The molecule has 0 atom stereocenters. The highest BCUT2D eigenvalue weighted by Crippen LogP contribution is 2.34. The summed E-state index contributed by atoms with van der Waals surface area (Å²) in [4.78, 5) is 2.31. The van der Waals surface area contributed by atoms with E-state index in [9.17, 15) is 35.5 Å². The van der Waals surface area contributed by atoms with Gasteiger partial charge in [0.05, 0.1) is 34.3 Å². The van der Waals surface area contributed by atoms with Crippen LogP contribution in [-0.2, 0) is 28.9 Å². The lowest BCUT2D eigenvalue weighted by molar-refractivity contribution is 0.371. The number of benzene rings is 2. The molecule has 0 aliphatic carbocycles. The number of alkyl halides is 1. The zero-order chi connectivity index (χ0) is 23.8. The molecule has 0 bridgehead atoms. The summed E-state index contributed by atoms with van der Waals surface area (Å²) in [5.74, 6) is -10.3. The lowest BCUT2D eigenvalue weighted by Crippen LogP contribution is -2.17. The highest BCUT2D eigenvalue weighted by Gasteiger charge is 2.33. The summed E-state index contributed by atoms with van der Waals surface area (Å²) in [5, 5.41) is 12.9. The van der Waals surface area contributed by atoms with Crippen LogP contribution in [-0.4, -0.2) is 23.1 Å². The van der Waals surface area contributed by atoms with Crippen LogP contribution in [0.2, 0.25) is 10.0 Å². The van der Waals surface area contributed by atoms with Gasteiger partial charge in [-0.25, -0.2) is 35.4 Å². The first-order chi connectivity index (χ1) is 15.0. The molecule has 0 aliphatic rings. The maximum absolute atomic E-state index is 14.1. The van der Waals surface area contributed by atoms with Gasteiger partial charge in [-0.05, 0) is 6.07 Å². The van der Waals surface area contributed by atoms with E-state index in [0.717, 1.165) is 10.9 Å². The van der Waals surface area contributed by atoms with E-state index in [4.69, 9.17) is 23.2 Å². The van der Waals surface area contributed by atoms with Gasteiger partial charge in [-0.3, -0.25) is 0 Å². The predicted molar refractivity (Wildman–Crippen MR) is 106 cm³/mol. The number of anilines is 1. The van der Waals surface area contributed by atoms with Crippen LogP contribution < -0.4 is 5.32 Å². The third-order valence-electron chi connectivity index (χ3n) is 4.27. The molecule has 0 amide bonds. The summed E-state index contributed by atoms with van der Waals surface area (Å²) in [6.07, 6.45) is 2.22. The van der Waals surface area contributed by atoms with Gasteiger partial charge in [0.15, 0.2) is 33.1 Å². The monoisotopic (exact) mass is 515 g/mol. The third-order valence-corrected chi connectivity index (χ3v) is 6.67. The second kappa shape index (κ2) is 9.12. The summed E-state index contributed by atoms with van der Waals surface area (Å²) >= 11 is 11.6. The first-order valence-corrected chi connectivity index (χ1v) is 10.9. The van der Waals surface area contributed by atoms with Crippen LogP contribution in [0.4, 0.5) is 27.6 Å². The molecule has 1 aromatic heterocycles. The van der Waals surface area contributed by atoms with Crippen molar-refractivity contribution in [1.82, 2.24) is 9.55 Å². The molecule has 3 rings (SSSR count). The number of phenols is 1. The van der Waals surface area contributed by atoms with Crippen molar-refractivity contribution in [2.45, 2.75) is 24.0 Å². The van der Waals surface area contributed by atoms with Crippen LogP contribution in [0, 0.1) is 23.3 Å². The van der Waals surface area contributed by atoms with Crippen molar-refractivity contribution in [2.24, 2.45) is 0 Å². The van der Waals surface area contributed by atoms with Crippen molar-refractivity contribution in [3.8, 4) is 5.75 Å². The zero-order valence-electron chi connectivity index (χ0n) is 15.6. The van der Waals surface area contributed by atoms with Crippen molar-refractivity contribution in [3.05, 3.63) is 69.2 Å². The lowest BCUT2D eigenvalue weighted by Gasteiger charge is -2.12. The van der Waals surface area contributed by atoms with E-state index in [-0.39, 0.29) is 33.7 Å². The Hall–Kier alpha value is -2.57. The molecule has 0 aliphatic heterocycles.